The highest BCUT2D eigenvalue weighted by molar-refractivity contribution is 5.74. The van der Waals surface area contributed by atoms with Crippen LogP contribution in [0.1, 0.15) is 11.4 Å². The number of nitro benzene ring substituents is 1. The van der Waals surface area contributed by atoms with E-state index in [0.29, 0.717) is 17.8 Å². The van der Waals surface area contributed by atoms with Crippen molar-refractivity contribution in [2.24, 2.45) is 0 Å². The van der Waals surface area contributed by atoms with Gasteiger partial charge in [0.25, 0.3) is 11.5 Å². The van der Waals surface area contributed by atoms with E-state index in [1.807, 2.05) is 30.3 Å². The number of nitrogens with one attached hydrogen (secondary N) is 1. The van der Waals surface area contributed by atoms with Gasteiger partial charge in [-0.1, -0.05) is 30.3 Å². The van der Waals surface area contributed by atoms with Crippen LogP contribution in [0.5, 0.6) is 0 Å². The molecule has 0 spiro atoms. The summed E-state index contributed by atoms with van der Waals surface area (Å²) in [6.07, 6.45) is 0.451. The molecule has 0 aliphatic heterocycles. The van der Waals surface area contributed by atoms with Gasteiger partial charge in [-0.3, -0.25) is 10.1 Å². The van der Waals surface area contributed by atoms with Crippen molar-refractivity contribution in [1.82, 2.24) is 4.98 Å². The van der Waals surface area contributed by atoms with Crippen molar-refractivity contribution in [3.63, 3.8) is 0 Å². The molecular weight excluding hydrogens is 258 g/mol. The molecule has 6 nitrogen and oxygen atoms in total. The van der Waals surface area contributed by atoms with Gasteiger partial charge < -0.3 is 5.21 Å². The normalized spacial score (nSPS) is 10.8. The van der Waals surface area contributed by atoms with Crippen LogP contribution in [0.3, 0.4) is 0 Å². The van der Waals surface area contributed by atoms with E-state index in [4.69, 9.17) is 0 Å². The molecule has 6 heteroatoms. The zero-order valence-electron chi connectivity index (χ0n) is 10.4. The van der Waals surface area contributed by atoms with Gasteiger partial charge in [-0.15, -0.1) is 0 Å². The molecule has 20 heavy (non-hydrogen) atoms. The van der Waals surface area contributed by atoms with Crippen molar-refractivity contribution in [3.05, 3.63) is 75.2 Å². The van der Waals surface area contributed by atoms with Crippen molar-refractivity contribution in [3.8, 4) is 0 Å². The average molecular weight is 269 g/mol. The second-order valence-corrected chi connectivity index (χ2v) is 4.49. The zero-order valence-corrected chi connectivity index (χ0v) is 10.4. The summed E-state index contributed by atoms with van der Waals surface area (Å²) in [4.78, 5) is 13.2. The third-order valence-corrected chi connectivity index (χ3v) is 3.15. The van der Waals surface area contributed by atoms with Crippen molar-refractivity contribution < 1.29 is 9.65 Å². The lowest BCUT2D eigenvalue weighted by molar-refractivity contribution is -0.585. The predicted octanol–water partition coefficient (Wildman–Crippen LogP) is 2.30. The summed E-state index contributed by atoms with van der Waals surface area (Å²) in [5.41, 5.74) is 1.78. The largest absolute Gasteiger partial charge is 0.710 e. The molecule has 1 N–H and O–H groups in total. The summed E-state index contributed by atoms with van der Waals surface area (Å²) >= 11 is 0. The fourth-order valence-electron chi connectivity index (χ4n) is 2.16. The molecule has 100 valence electrons. The number of nitro groups is 1. The lowest BCUT2D eigenvalue weighted by Crippen LogP contribution is -2.29. The maximum absolute atomic E-state index is 12.2. The molecule has 0 fully saturated rings. The van der Waals surface area contributed by atoms with Crippen LogP contribution < -0.4 is 4.73 Å². The highest BCUT2D eigenvalue weighted by Crippen LogP contribution is 2.18. The van der Waals surface area contributed by atoms with Crippen LogP contribution in [-0.2, 0) is 6.42 Å². The molecule has 3 rings (SSSR count). The number of aromatic nitrogens is 2. The number of hydrogen-bond donors (Lipinski definition) is 1. The molecule has 1 aromatic heterocycles. The van der Waals surface area contributed by atoms with Crippen LogP contribution in [0.25, 0.3) is 11.0 Å². The predicted molar refractivity (Wildman–Crippen MR) is 73.2 cm³/mol. The van der Waals surface area contributed by atoms with Gasteiger partial charge in [0.2, 0.25) is 0 Å². The van der Waals surface area contributed by atoms with Gasteiger partial charge in [0.15, 0.2) is 11.0 Å². The first-order valence-corrected chi connectivity index (χ1v) is 6.07. The van der Waals surface area contributed by atoms with Crippen LogP contribution in [-0.4, -0.2) is 9.91 Å². The Hall–Kier alpha value is -2.89. The first kappa shape index (κ1) is 12.2. The van der Waals surface area contributed by atoms with Crippen LogP contribution in [0.4, 0.5) is 5.69 Å². The molecule has 3 aromatic rings. The monoisotopic (exact) mass is 269 g/mol. The van der Waals surface area contributed by atoms with Gasteiger partial charge in [0.05, 0.1) is 17.4 Å². The number of hydrogen-bond acceptors (Lipinski definition) is 3. The fraction of sp³-hybridized carbons (Fsp3) is 0.0714. The SMILES string of the molecule is O=[N+]([O-])c1ccc2[nH]c(Cc3ccccc3)[n+]([O-])c2c1. The van der Waals surface area contributed by atoms with E-state index in [9.17, 15) is 15.3 Å². The van der Waals surface area contributed by atoms with E-state index < -0.39 is 4.92 Å². The third kappa shape index (κ3) is 2.07. The number of benzene rings is 2. The lowest BCUT2D eigenvalue weighted by Gasteiger charge is -2.02. The second-order valence-electron chi connectivity index (χ2n) is 4.49. The van der Waals surface area contributed by atoms with Gasteiger partial charge in [0.1, 0.15) is 0 Å². The fourth-order valence-corrected chi connectivity index (χ4v) is 2.16. The Kier molecular flexibility index (Phi) is 2.83. The van der Waals surface area contributed by atoms with Crippen LogP contribution in [0.15, 0.2) is 48.5 Å². The second kappa shape index (κ2) is 4.65. The van der Waals surface area contributed by atoms with Crippen molar-refractivity contribution in [2.45, 2.75) is 6.42 Å². The van der Waals surface area contributed by atoms with Gasteiger partial charge in [-0.2, -0.15) is 0 Å². The molecule has 1 heterocycles. The van der Waals surface area contributed by atoms with E-state index in [1.54, 1.807) is 6.07 Å². The third-order valence-electron chi connectivity index (χ3n) is 3.15. The molecule has 0 saturated heterocycles. The van der Waals surface area contributed by atoms with Crippen LogP contribution in [0.2, 0.25) is 0 Å². The van der Waals surface area contributed by atoms with Crippen molar-refractivity contribution >= 4 is 16.7 Å². The Bertz CT molecular complexity index is 781. The van der Waals surface area contributed by atoms with E-state index in [2.05, 4.69) is 4.98 Å². The summed E-state index contributed by atoms with van der Waals surface area (Å²) in [6.45, 7) is 0. The molecule has 0 radical (unpaired) electrons. The Morgan fingerprint density at radius 1 is 1.15 bits per heavy atom. The van der Waals surface area contributed by atoms with E-state index in [-0.39, 0.29) is 11.2 Å². The van der Waals surface area contributed by atoms with Crippen molar-refractivity contribution in [1.29, 1.82) is 0 Å². The lowest BCUT2D eigenvalue weighted by atomic mass is 10.1. The summed E-state index contributed by atoms with van der Waals surface area (Å²) in [5, 5.41) is 22.9. The quantitative estimate of drug-likeness (QED) is 0.342. The molecule has 0 unspecified atom stereocenters. The number of rotatable bonds is 3. The van der Waals surface area contributed by atoms with Gasteiger partial charge in [-0.25, -0.2) is 9.71 Å². The molecule has 0 saturated carbocycles. The van der Waals surface area contributed by atoms with Crippen molar-refractivity contribution in [2.75, 3.05) is 0 Å². The Morgan fingerprint density at radius 2 is 1.90 bits per heavy atom. The number of nitrogens with zero attached hydrogens (tertiary/aromatic N) is 2. The average Bonchev–Trinajstić information content (AvgIpc) is 2.76. The number of imidazole rings is 1. The Balaban J connectivity index is 2.05. The summed E-state index contributed by atoms with van der Waals surface area (Å²) in [7, 11) is 0. The maximum Gasteiger partial charge on any atom is 0.274 e. The smallest absolute Gasteiger partial charge is 0.274 e. The molecule has 0 bridgehead atoms. The minimum Gasteiger partial charge on any atom is -0.710 e. The van der Waals surface area contributed by atoms with E-state index >= 15 is 0 Å². The minimum atomic E-state index is -0.511. The molecule has 0 amide bonds. The topological polar surface area (TPSA) is 85.9 Å². The van der Waals surface area contributed by atoms with Gasteiger partial charge in [0, 0.05) is 6.07 Å². The highest BCUT2D eigenvalue weighted by atomic mass is 16.6. The van der Waals surface area contributed by atoms with Crippen LogP contribution >= 0.6 is 0 Å². The maximum atomic E-state index is 12.2. The Morgan fingerprint density at radius 3 is 2.60 bits per heavy atom. The van der Waals surface area contributed by atoms with Gasteiger partial charge in [-0.05, 0) is 11.6 Å². The highest BCUT2D eigenvalue weighted by Gasteiger charge is 2.17. The minimum absolute atomic E-state index is 0.0904. The zero-order chi connectivity index (χ0) is 14.1. The number of H-pyrrole nitrogens is 1. The number of aromatic amines is 1. The van der Waals surface area contributed by atoms with E-state index in [1.165, 1.54) is 12.1 Å². The van der Waals surface area contributed by atoms with E-state index in [0.717, 1.165) is 10.3 Å². The molecule has 0 aliphatic carbocycles. The molecule has 2 aromatic carbocycles. The summed E-state index contributed by atoms with van der Waals surface area (Å²) in [5.74, 6) is 0.465. The number of non-ortho nitro benzene ring substituents is 1. The Labute approximate surface area is 114 Å². The van der Waals surface area contributed by atoms with Crippen LogP contribution in [0, 0.1) is 15.3 Å². The molecule has 0 aliphatic rings. The summed E-state index contributed by atoms with van der Waals surface area (Å²) < 4.78 is 0.718. The summed E-state index contributed by atoms with van der Waals surface area (Å²) in [6, 6.07) is 13.8. The van der Waals surface area contributed by atoms with Gasteiger partial charge >= 0.3 is 0 Å². The molecule has 0 atom stereocenters. The molecular formula is C14H11N3O3. The number of fused-ring (bicyclic) bond motifs is 1. The first-order valence-electron chi connectivity index (χ1n) is 6.07. The standard InChI is InChI=1S/C14H11N3O3/c18-16-13-9-11(17(19)20)6-7-12(13)15-14(16)8-10-4-2-1-3-5-10/h1-7,9,15H,8H2. The first-order chi connectivity index (χ1) is 9.65.